The zero-order valence-corrected chi connectivity index (χ0v) is 15.2. The lowest BCUT2D eigenvalue weighted by Gasteiger charge is -2.35. The van der Waals surface area contributed by atoms with Crippen LogP contribution in [-0.2, 0) is 19.8 Å². The molecule has 4 aliphatic rings. The number of ether oxygens (including phenoxy) is 3. The van der Waals surface area contributed by atoms with Crippen LogP contribution in [0.5, 0.6) is 11.5 Å². The fourth-order valence-corrected chi connectivity index (χ4v) is 4.85. The molecule has 142 valence electrons. The summed E-state index contributed by atoms with van der Waals surface area (Å²) < 4.78 is 16.8. The van der Waals surface area contributed by atoms with Crippen LogP contribution in [0.4, 0.5) is 0 Å². The highest BCUT2D eigenvalue weighted by molar-refractivity contribution is 5.90. The van der Waals surface area contributed by atoms with Crippen molar-refractivity contribution < 1.29 is 28.9 Å². The van der Waals surface area contributed by atoms with Crippen molar-refractivity contribution in [1.82, 2.24) is 5.06 Å². The van der Waals surface area contributed by atoms with Crippen LogP contribution in [0.3, 0.4) is 0 Å². The zero-order chi connectivity index (χ0) is 18.8. The maximum atomic E-state index is 12.3. The molecule has 27 heavy (non-hydrogen) atoms. The summed E-state index contributed by atoms with van der Waals surface area (Å²) in [6, 6.07) is 3.47. The second-order valence-corrected chi connectivity index (χ2v) is 7.33. The summed E-state index contributed by atoms with van der Waals surface area (Å²) in [5, 5.41) is 12.0. The summed E-state index contributed by atoms with van der Waals surface area (Å²) in [5.41, 5.74) is 2.04. The largest absolute Gasteiger partial charge is 0.493 e. The van der Waals surface area contributed by atoms with E-state index in [0.29, 0.717) is 30.0 Å². The summed E-state index contributed by atoms with van der Waals surface area (Å²) in [5.74, 6) is 0.936. The van der Waals surface area contributed by atoms with Crippen molar-refractivity contribution in [2.24, 2.45) is 0 Å². The van der Waals surface area contributed by atoms with Crippen LogP contribution in [0.15, 0.2) is 36.1 Å². The Morgan fingerprint density at radius 3 is 3.00 bits per heavy atom. The van der Waals surface area contributed by atoms with E-state index in [9.17, 15) is 9.90 Å². The summed E-state index contributed by atoms with van der Waals surface area (Å²) in [4.78, 5) is 18.0. The Labute approximate surface area is 156 Å². The SMILES string of the molecule is COC(=O)C1=CON2CCC34C=CC(O)C[C@H]3Oc3c(OC)ccc(c34)[C@H]12. The van der Waals surface area contributed by atoms with Crippen molar-refractivity contribution in [1.29, 1.82) is 0 Å². The van der Waals surface area contributed by atoms with Gasteiger partial charge < -0.3 is 24.2 Å². The molecule has 0 aromatic heterocycles. The monoisotopic (exact) mass is 371 g/mol. The Hall–Kier alpha value is -2.51. The zero-order valence-electron chi connectivity index (χ0n) is 15.2. The normalized spacial score (nSPS) is 33.0. The van der Waals surface area contributed by atoms with Gasteiger partial charge in [0.25, 0.3) is 0 Å². The van der Waals surface area contributed by atoms with E-state index >= 15 is 0 Å². The van der Waals surface area contributed by atoms with E-state index in [-0.39, 0.29) is 17.6 Å². The minimum atomic E-state index is -0.533. The molecule has 5 rings (SSSR count). The van der Waals surface area contributed by atoms with E-state index < -0.39 is 12.1 Å². The van der Waals surface area contributed by atoms with Crippen molar-refractivity contribution >= 4 is 5.97 Å². The number of aliphatic hydroxyl groups excluding tert-OH is 1. The first-order valence-electron chi connectivity index (χ1n) is 9.06. The number of hydrogen-bond acceptors (Lipinski definition) is 7. The van der Waals surface area contributed by atoms with Gasteiger partial charge in [0.05, 0.1) is 31.3 Å². The van der Waals surface area contributed by atoms with Crippen molar-refractivity contribution in [3.8, 4) is 11.5 Å². The molecule has 0 radical (unpaired) electrons. The van der Waals surface area contributed by atoms with Gasteiger partial charge in [-0.15, -0.1) is 5.06 Å². The van der Waals surface area contributed by atoms with Gasteiger partial charge in [0, 0.05) is 18.5 Å². The molecule has 7 nitrogen and oxygen atoms in total. The van der Waals surface area contributed by atoms with Gasteiger partial charge in [-0.05, 0) is 18.1 Å². The van der Waals surface area contributed by atoms with Crippen LogP contribution >= 0.6 is 0 Å². The minimum Gasteiger partial charge on any atom is -0.493 e. The third-order valence-corrected chi connectivity index (χ3v) is 6.10. The van der Waals surface area contributed by atoms with E-state index in [4.69, 9.17) is 19.0 Å². The molecule has 0 saturated carbocycles. The van der Waals surface area contributed by atoms with Crippen LogP contribution in [0, 0.1) is 0 Å². The van der Waals surface area contributed by atoms with Gasteiger partial charge in [0.2, 0.25) is 0 Å². The Balaban J connectivity index is 1.74. The minimum absolute atomic E-state index is 0.187. The van der Waals surface area contributed by atoms with Gasteiger partial charge in [-0.2, -0.15) is 0 Å². The summed E-state index contributed by atoms with van der Waals surface area (Å²) in [6.07, 6.45) is 5.91. The molecular weight excluding hydrogens is 350 g/mol. The number of esters is 1. The summed E-state index contributed by atoms with van der Waals surface area (Å²) in [7, 11) is 2.98. The first-order valence-corrected chi connectivity index (χ1v) is 9.06. The number of hydrogen-bond donors (Lipinski definition) is 1. The number of benzene rings is 1. The van der Waals surface area contributed by atoms with Gasteiger partial charge >= 0.3 is 5.97 Å². The fourth-order valence-electron chi connectivity index (χ4n) is 4.85. The number of methoxy groups -OCH3 is 2. The molecule has 3 heterocycles. The number of rotatable bonds is 2. The Kier molecular flexibility index (Phi) is 3.54. The molecular formula is C20H21NO6. The Morgan fingerprint density at radius 1 is 1.37 bits per heavy atom. The second-order valence-electron chi connectivity index (χ2n) is 7.33. The fraction of sp³-hybridized carbons (Fsp3) is 0.450. The topological polar surface area (TPSA) is 77.5 Å². The second kappa shape index (κ2) is 5.74. The molecule has 1 aromatic carbocycles. The highest BCUT2D eigenvalue weighted by atomic mass is 16.7. The molecule has 4 atom stereocenters. The third-order valence-electron chi connectivity index (χ3n) is 6.10. The maximum Gasteiger partial charge on any atom is 0.339 e. The molecule has 3 aliphatic heterocycles. The number of carbonyl (C=O) groups excluding carboxylic acids is 1. The predicted octanol–water partition coefficient (Wildman–Crippen LogP) is 1.76. The highest BCUT2D eigenvalue weighted by Gasteiger charge is 2.56. The molecule has 0 saturated heterocycles. The highest BCUT2D eigenvalue weighted by Crippen LogP contribution is 2.58. The number of hydroxylamine groups is 2. The molecule has 7 heteroatoms. The van der Waals surface area contributed by atoms with E-state index in [1.54, 1.807) is 7.11 Å². The van der Waals surface area contributed by atoms with Gasteiger partial charge in [0.15, 0.2) is 11.5 Å². The number of fused-ring (bicyclic) bond motifs is 2. The molecule has 0 bridgehead atoms. The summed E-state index contributed by atoms with van der Waals surface area (Å²) in [6.45, 7) is 0.610. The van der Waals surface area contributed by atoms with E-state index in [1.807, 2.05) is 23.3 Å². The first-order chi connectivity index (χ1) is 13.1. The molecule has 1 aromatic rings. The molecule has 0 fully saturated rings. The summed E-state index contributed by atoms with van der Waals surface area (Å²) >= 11 is 0. The van der Waals surface area contributed by atoms with E-state index in [2.05, 4.69) is 6.08 Å². The first kappa shape index (κ1) is 16.6. The third kappa shape index (κ3) is 2.12. The Bertz CT molecular complexity index is 877. The van der Waals surface area contributed by atoms with Crippen molar-refractivity contribution in [3.05, 3.63) is 47.2 Å². The van der Waals surface area contributed by atoms with Crippen LogP contribution in [-0.4, -0.2) is 49.1 Å². The van der Waals surface area contributed by atoms with Gasteiger partial charge in [-0.1, -0.05) is 18.2 Å². The number of aliphatic hydroxyl groups is 1. The average Bonchev–Trinajstić information content (AvgIpc) is 3.21. The van der Waals surface area contributed by atoms with Crippen molar-refractivity contribution in [2.45, 2.75) is 36.5 Å². The lowest BCUT2D eigenvalue weighted by Crippen LogP contribution is -2.42. The van der Waals surface area contributed by atoms with Crippen LogP contribution in [0.2, 0.25) is 0 Å². The van der Waals surface area contributed by atoms with Crippen LogP contribution < -0.4 is 9.47 Å². The number of carbonyl (C=O) groups is 1. The van der Waals surface area contributed by atoms with Crippen molar-refractivity contribution in [2.75, 3.05) is 20.8 Å². The van der Waals surface area contributed by atoms with E-state index in [1.165, 1.54) is 13.4 Å². The van der Waals surface area contributed by atoms with Gasteiger partial charge in [-0.25, -0.2) is 4.79 Å². The van der Waals surface area contributed by atoms with Gasteiger partial charge in [0.1, 0.15) is 18.4 Å². The predicted molar refractivity (Wildman–Crippen MR) is 94.1 cm³/mol. The smallest absolute Gasteiger partial charge is 0.339 e. The standard InChI is InChI=1S/C20H21NO6/c1-24-14-4-3-12-16-18(14)27-15-9-11(22)5-6-20(15,16)7-8-21-17(12)13(10-26-21)19(23)25-2/h3-6,10-11,15,17,22H,7-9H2,1-2H3/t11?,15-,17-,20?/m1/s1. The van der Waals surface area contributed by atoms with Crippen LogP contribution in [0.25, 0.3) is 0 Å². The molecule has 2 unspecified atom stereocenters. The molecule has 0 amide bonds. The maximum absolute atomic E-state index is 12.3. The average molecular weight is 371 g/mol. The Morgan fingerprint density at radius 2 is 2.22 bits per heavy atom. The molecule has 1 aliphatic carbocycles. The van der Waals surface area contributed by atoms with Gasteiger partial charge in [-0.3, -0.25) is 0 Å². The van der Waals surface area contributed by atoms with E-state index in [0.717, 1.165) is 17.5 Å². The lowest BCUT2D eigenvalue weighted by molar-refractivity contribution is -0.138. The molecule has 1 N–H and O–H groups in total. The quantitative estimate of drug-likeness (QED) is 0.627. The molecule has 1 spiro atoms. The van der Waals surface area contributed by atoms with Crippen LogP contribution in [0.1, 0.15) is 30.0 Å². The van der Waals surface area contributed by atoms with Crippen molar-refractivity contribution in [3.63, 3.8) is 0 Å². The lowest BCUT2D eigenvalue weighted by atomic mass is 9.68. The number of nitrogens with zero attached hydrogens (tertiary/aromatic N) is 1.